The number of ether oxygens (including phenoxy) is 1. The lowest BCUT2D eigenvalue weighted by Crippen LogP contribution is -2.37. The lowest BCUT2D eigenvalue weighted by Gasteiger charge is -2.36. The Kier molecular flexibility index (Phi) is 4.82. The molecule has 1 aliphatic carbocycles. The van der Waals surface area contributed by atoms with Gasteiger partial charge >= 0.3 is 5.97 Å². The first-order valence-electron chi connectivity index (χ1n) is 7.10. The smallest absolute Gasteiger partial charge is 0.311 e. The van der Waals surface area contributed by atoms with Crippen molar-refractivity contribution in [2.24, 2.45) is 11.3 Å². The van der Waals surface area contributed by atoms with E-state index >= 15 is 0 Å². The van der Waals surface area contributed by atoms with Crippen LogP contribution < -0.4 is 0 Å². The van der Waals surface area contributed by atoms with Crippen LogP contribution in [-0.2, 0) is 9.53 Å². The summed E-state index contributed by atoms with van der Waals surface area (Å²) in [5.74, 6) is 0.239. The third kappa shape index (κ3) is 3.98. The van der Waals surface area contributed by atoms with Crippen molar-refractivity contribution in [1.82, 2.24) is 0 Å². The Morgan fingerprint density at radius 1 is 1.17 bits per heavy atom. The molecule has 0 radical (unpaired) electrons. The van der Waals surface area contributed by atoms with Crippen molar-refractivity contribution >= 4 is 5.97 Å². The summed E-state index contributed by atoms with van der Waals surface area (Å²) in [5, 5.41) is 9.97. The van der Waals surface area contributed by atoms with Gasteiger partial charge in [-0.1, -0.05) is 6.92 Å². The Morgan fingerprint density at radius 3 is 2.06 bits per heavy atom. The third-order valence-corrected chi connectivity index (χ3v) is 4.38. The molecule has 1 aliphatic rings. The molecule has 1 rings (SSSR count). The Balaban J connectivity index is 2.43. The largest absolute Gasteiger partial charge is 0.462 e. The van der Waals surface area contributed by atoms with E-state index in [0.717, 1.165) is 32.1 Å². The quantitative estimate of drug-likeness (QED) is 0.785. The van der Waals surface area contributed by atoms with Crippen LogP contribution in [0, 0.1) is 11.3 Å². The summed E-state index contributed by atoms with van der Waals surface area (Å²) in [7, 11) is 0. The van der Waals surface area contributed by atoms with Crippen molar-refractivity contribution in [1.29, 1.82) is 0 Å². The summed E-state index contributed by atoms with van der Waals surface area (Å²) in [6, 6.07) is 0. The van der Waals surface area contributed by atoms with Gasteiger partial charge < -0.3 is 9.84 Å². The zero-order valence-corrected chi connectivity index (χ0v) is 12.5. The molecular weight excluding hydrogens is 228 g/mol. The van der Waals surface area contributed by atoms with Gasteiger partial charge in [0, 0.05) is 0 Å². The summed E-state index contributed by atoms with van der Waals surface area (Å²) in [4.78, 5) is 12.0. The van der Waals surface area contributed by atoms with Gasteiger partial charge in [-0.15, -0.1) is 0 Å². The van der Waals surface area contributed by atoms with Crippen molar-refractivity contribution in [3.05, 3.63) is 0 Å². The van der Waals surface area contributed by atoms with Crippen LogP contribution in [0.25, 0.3) is 0 Å². The normalized spacial score (nSPS) is 25.9. The van der Waals surface area contributed by atoms with Gasteiger partial charge in [0.2, 0.25) is 0 Å². The molecule has 3 nitrogen and oxygen atoms in total. The molecular formula is C15H28O3. The minimum atomic E-state index is -0.613. The molecule has 0 bridgehead atoms. The molecule has 0 unspecified atom stereocenters. The molecule has 1 N–H and O–H groups in total. The third-order valence-electron chi connectivity index (χ3n) is 4.38. The molecule has 106 valence electrons. The molecule has 0 heterocycles. The topological polar surface area (TPSA) is 46.5 Å². The lowest BCUT2D eigenvalue weighted by molar-refractivity contribution is -0.162. The number of carbonyl (C=O) groups is 1. The molecule has 0 aromatic heterocycles. The summed E-state index contributed by atoms with van der Waals surface area (Å²) >= 11 is 0. The maximum absolute atomic E-state index is 12.0. The predicted molar refractivity (Wildman–Crippen MR) is 72.2 cm³/mol. The number of hydrogen-bond donors (Lipinski definition) is 1. The van der Waals surface area contributed by atoms with E-state index in [4.69, 9.17) is 4.74 Å². The van der Waals surface area contributed by atoms with Crippen LogP contribution in [0.1, 0.15) is 66.7 Å². The average molecular weight is 256 g/mol. The number of esters is 1. The van der Waals surface area contributed by atoms with Crippen molar-refractivity contribution in [3.8, 4) is 0 Å². The maximum atomic E-state index is 12.0. The summed E-state index contributed by atoms with van der Waals surface area (Å²) in [5.41, 5.74) is -0.995. The zero-order chi connectivity index (χ0) is 14.0. The number of rotatable bonds is 4. The van der Waals surface area contributed by atoms with Crippen LogP contribution in [0.4, 0.5) is 0 Å². The zero-order valence-electron chi connectivity index (χ0n) is 12.5. The minimum absolute atomic E-state index is 0.0434. The van der Waals surface area contributed by atoms with Crippen LogP contribution in [0.15, 0.2) is 0 Å². The number of aliphatic hydroxyl groups is 1. The van der Waals surface area contributed by atoms with Gasteiger partial charge in [0.25, 0.3) is 0 Å². The van der Waals surface area contributed by atoms with Gasteiger partial charge in [-0.05, 0) is 65.7 Å². The molecule has 0 aromatic rings. The Hall–Kier alpha value is -0.570. The van der Waals surface area contributed by atoms with E-state index in [9.17, 15) is 9.90 Å². The highest BCUT2D eigenvalue weighted by Gasteiger charge is 2.35. The van der Waals surface area contributed by atoms with E-state index in [1.807, 2.05) is 34.6 Å². The first-order chi connectivity index (χ1) is 8.16. The fourth-order valence-corrected chi connectivity index (χ4v) is 2.34. The van der Waals surface area contributed by atoms with E-state index in [-0.39, 0.29) is 17.5 Å². The van der Waals surface area contributed by atoms with Crippen LogP contribution >= 0.6 is 0 Å². The average Bonchev–Trinajstić information content (AvgIpc) is 2.28. The molecule has 0 amide bonds. The molecule has 0 aliphatic heterocycles. The van der Waals surface area contributed by atoms with Gasteiger partial charge in [0.15, 0.2) is 0 Å². The molecule has 18 heavy (non-hydrogen) atoms. The standard InChI is InChI=1S/C15H28O3/c1-6-14(2,3)13(16)18-12-9-7-11(8-10-12)15(4,5)17/h11-12,17H,6-10H2,1-5H3. The van der Waals surface area contributed by atoms with Crippen LogP contribution in [0.2, 0.25) is 0 Å². The second-order valence-electron chi connectivity index (χ2n) is 6.77. The highest BCUT2D eigenvalue weighted by Crippen LogP contribution is 2.34. The Bertz CT molecular complexity index is 281. The van der Waals surface area contributed by atoms with Crippen molar-refractivity contribution in [2.45, 2.75) is 78.4 Å². The number of hydrogen-bond acceptors (Lipinski definition) is 3. The van der Waals surface area contributed by atoms with E-state index < -0.39 is 5.60 Å². The molecule has 0 spiro atoms. The van der Waals surface area contributed by atoms with E-state index in [1.165, 1.54) is 0 Å². The fraction of sp³-hybridized carbons (Fsp3) is 0.933. The van der Waals surface area contributed by atoms with Gasteiger partial charge in [0.05, 0.1) is 11.0 Å². The van der Waals surface area contributed by atoms with Gasteiger partial charge in [-0.3, -0.25) is 4.79 Å². The molecule has 0 saturated heterocycles. The summed E-state index contributed by atoms with van der Waals surface area (Å²) < 4.78 is 5.59. The van der Waals surface area contributed by atoms with Crippen molar-refractivity contribution in [2.75, 3.05) is 0 Å². The highest BCUT2D eigenvalue weighted by atomic mass is 16.5. The Morgan fingerprint density at radius 2 is 1.67 bits per heavy atom. The van der Waals surface area contributed by atoms with Crippen LogP contribution in [-0.4, -0.2) is 22.8 Å². The lowest BCUT2D eigenvalue weighted by atomic mass is 9.78. The molecule has 0 atom stereocenters. The van der Waals surface area contributed by atoms with Crippen LogP contribution in [0.5, 0.6) is 0 Å². The first kappa shape index (κ1) is 15.5. The van der Waals surface area contributed by atoms with Gasteiger partial charge in [0.1, 0.15) is 6.10 Å². The molecule has 1 saturated carbocycles. The minimum Gasteiger partial charge on any atom is -0.462 e. The SMILES string of the molecule is CCC(C)(C)C(=O)OC1CCC(C(C)(C)O)CC1. The first-order valence-corrected chi connectivity index (χ1v) is 7.10. The van der Waals surface area contributed by atoms with E-state index in [2.05, 4.69) is 0 Å². The Labute approximate surface area is 111 Å². The highest BCUT2D eigenvalue weighted by molar-refractivity contribution is 5.75. The van der Waals surface area contributed by atoms with Crippen LogP contribution in [0.3, 0.4) is 0 Å². The molecule has 0 aromatic carbocycles. The monoisotopic (exact) mass is 256 g/mol. The van der Waals surface area contributed by atoms with E-state index in [0.29, 0.717) is 5.92 Å². The van der Waals surface area contributed by atoms with Gasteiger partial charge in [-0.25, -0.2) is 0 Å². The fourth-order valence-electron chi connectivity index (χ4n) is 2.34. The van der Waals surface area contributed by atoms with Crippen molar-refractivity contribution in [3.63, 3.8) is 0 Å². The second-order valence-corrected chi connectivity index (χ2v) is 6.77. The second kappa shape index (κ2) is 5.60. The van der Waals surface area contributed by atoms with Crippen molar-refractivity contribution < 1.29 is 14.6 Å². The molecule has 3 heteroatoms. The molecule has 1 fully saturated rings. The predicted octanol–water partition coefficient (Wildman–Crippen LogP) is 3.30. The van der Waals surface area contributed by atoms with E-state index in [1.54, 1.807) is 0 Å². The maximum Gasteiger partial charge on any atom is 0.311 e. The number of carbonyl (C=O) groups excluding carboxylic acids is 1. The summed E-state index contributed by atoms with van der Waals surface area (Å²) in [6.07, 6.45) is 4.47. The summed E-state index contributed by atoms with van der Waals surface area (Å²) in [6.45, 7) is 9.59. The van der Waals surface area contributed by atoms with Gasteiger partial charge in [-0.2, -0.15) is 0 Å².